The molecule has 0 aliphatic heterocycles. The number of carbonyl (C=O) groups excluding carboxylic acids is 1. The molecule has 20 heavy (non-hydrogen) atoms. The molecule has 4 heteroatoms. The minimum Gasteiger partial charge on any atom is -0.481 e. The Balaban J connectivity index is 1.85. The maximum absolute atomic E-state index is 12.3. The lowest BCUT2D eigenvalue weighted by atomic mass is 9.95. The summed E-state index contributed by atoms with van der Waals surface area (Å²) in [5.74, 6) is 0.0841. The van der Waals surface area contributed by atoms with Gasteiger partial charge in [0.2, 0.25) is 5.91 Å². The molecule has 5 unspecified atom stereocenters. The van der Waals surface area contributed by atoms with Crippen molar-refractivity contribution in [3.05, 3.63) is 0 Å². The van der Waals surface area contributed by atoms with Gasteiger partial charge in [-0.3, -0.25) is 9.59 Å². The number of aliphatic carboxylic acids is 1. The lowest BCUT2D eigenvalue weighted by Gasteiger charge is -2.17. The van der Waals surface area contributed by atoms with E-state index >= 15 is 0 Å². The minimum atomic E-state index is -0.810. The zero-order chi connectivity index (χ0) is 14.7. The molecule has 2 rings (SSSR count). The van der Waals surface area contributed by atoms with Crippen LogP contribution in [0.15, 0.2) is 0 Å². The molecule has 114 valence electrons. The van der Waals surface area contributed by atoms with E-state index in [1.54, 1.807) is 0 Å². The van der Waals surface area contributed by atoms with Gasteiger partial charge in [0.1, 0.15) is 0 Å². The van der Waals surface area contributed by atoms with Crippen molar-refractivity contribution in [2.75, 3.05) is 6.54 Å². The van der Waals surface area contributed by atoms with Gasteiger partial charge in [0, 0.05) is 6.54 Å². The normalized spacial score (nSPS) is 37.0. The Bertz CT molecular complexity index is 369. The molecular formula is C16H27NO3. The second-order valence-electron chi connectivity index (χ2n) is 6.83. The highest BCUT2D eigenvalue weighted by Crippen LogP contribution is 2.38. The van der Waals surface area contributed by atoms with Gasteiger partial charge in [-0.25, -0.2) is 0 Å². The number of rotatable bonds is 5. The SMILES string of the molecule is CCC1CC(C(=O)O)C(C(=O)NCC2CCC(C)C2)C1. The van der Waals surface area contributed by atoms with Crippen LogP contribution in [0.4, 0.5) is 0 Å². The topological polar surface area (TPSA) is 66.4 Å². The van der Waals surface area contributed by atoms with Crippen LogP contribution in [0.5, 0.6) is 0 Å². The maximum Gasteiger partial charge on any atom is 0.307 e. The first-order valence-electron chi connectivity index (χ1n) is 8.01. The molecule has 4 nitrogen and oxygen atoms in total. The summed E-state index contributed by atoms with van der Waals surface area (Å²) < 4.78 is 0. The Kier molecular flexibility index (Phi) is 5.06. The van der Waals surface area contributed by atoms with E-state index in [1.807, 2.05) is 0 Å². The molecule has 0 heterocycles. The zero-order valence-corrected chi connectivity index (χ0v) is 12.6. The summed E-state index contributed by atoms with van der Waals surface area (Å²) >= 11 is 0. The first-order valence-corrected chi connectivity index (χ1v) is 8.01. The van der Waals surface area contributed by atoms with Gasteiger partial charge in [-0.05, 0) is 43.4 Å². The molecule has 1 amide bonds. The molecule has 2 aliphatic rings. The number of nitrogens with one attached hydrogen (secondary N) is 1. The van der Waals surface area contributed by atoms with E-state index in [-0.39, 0.29) is 11.8 Å². The van der Waals surface area contributed by atoms with Gasteiger partial charge in [-0.1, -0.05) is 26.7 Å². The van der Waals surface area contributed by atoms with Crippen molar-refractivity contribution in [2.24, 2.45) is 29.6 Å². The number of hydrogen-bond acceptors (Lipinski definition) is 2. The van der Waals surface area contributed by atoms with Crippen molar-refractivity contribution in [3.63, 3.8) is 0 Å². The molecule has 0 radical (unpaired) electrons. The highest BCUT2D eigenvalue weighted by molar-refractivity contribution is 5.85. The lowest BCUT2D eigenvalue weighted by molar-refractivity contribution is -0.146. The van der Waals surface area contributed by atoms with Gasteiger partial charge in [-0.15, -0.1) is 0 Å². The van der Waals surface area contributed by atoms with Crippen LogP contribution in [0.2, 0.25) is 0 Å². The minimum absolute atomic E-state index is 0.0343. The Hall–Kier alpha value is -1.06. The smallest absolute Gasteiger partial charge is 0.307 e. The molecule has 0 aromatic carbocycles. The molecule has 2 aliphatic carbocycles. The van der Waals surface area contributed by atoms with Gasteiger partial charge in [0.05, 0.1) is 11.8 Å². The molecule has 2 fully saturated rings. The predicted octanol–water partition coefficient (Wildman–Crippen LogP) is 2.68. The number of hydrogen-bond donors (Lipinski definition) is 2. The number of amides is 1. The fourth-order valence-electron chi connectivity index (χ4n) is 3.93. The third-order valence-electron chi connectivity index (χ3n) is 5.26. The molecule has 0 spiro atoms. The molecule has 0 aromatic heterocycles. The fraction of sp³-hybridized carbons (Fsp3) is 0.875. The summed E-state index contributed by atoms with van der Waals surface area (Å²) in [6.07, 6.45) is 5.98. The van der Waals surface area contributed by atoms with Gasteiger partial charge >= 0.3 is 5.97 Å². The first kappa shape index (κ1) is 15.3. The number of carbonyl (C=O) groups is 2. The molecule has 2 N–H and O–H groups in total. The molecule has 0 bridgehead atoms. The van der Waals surface area contributed by atoms with E-state index in [9.17, 15) is 14.7 Å². The van der Waals surface area contributed by atoms with Crippen LogP contribution in [0, 0.1) is 29.6 Å². The Morgan fingerprint density at radius 1 is 1.10 bits per heavy atom. The van der Waals surface area contributed by atoms with Gasteiger partial charge in [-0.2, -0.15) is 0 Å². The Morgan fingerprint density at radius 2 is 1.80 bits per heavy atom. The number of carboxylic acid groups (broad SMARTS) is 1. The molecule has 0 saturated heterocycles. The Labute approximate surface area is 121 Å². The molecule has 5 atom stereocenters. The summed E-state index contributed by atoms with van der Waals surface area (Å²) in [4.78, 5) is 23.6. The van der Waals surface area contributed by atoms with E-state index in [0.717, 1.165) is 25.3 Å². The standard InChI is InChI=1S/C16H27NO3/c1-3-11-7-13(14(8-11)16(19)20)15(18)17-9-12-5-4-10(2)6-12/h10-14H,3-9H2,1-2H3,(H,17,18)(H,19,20). The van der Waals surface area contributed by atoms with Crippen molar-refractivity contribution >= 4 is 11.9 Å². The Morgan fingerprint density at radius 3 is 2.35 bits per heavy atom. The number of carboxylic acids is 1. The summed E-state index contributed by atoms with van der Waals surface area (Å²) in [6.45, 7) is 5.05. The van der Waals surface area contributed by atoms with E-state index in [4.69, 9.17) is 0 Å². The second-order valence-corrected chi connectivity index (χ2v) is 6.83. The van der Waals surface area contributed by atoms with Crippen molar-refractivity contribution in [1.82, 2.24) is 5.32 Å². The van der Waals surface area contributed by atoms with E-state index in [0.29, 0.717) is 18.3 Å². The highest BCUT2D eigenvalue weighted by Gasteiger charge is 2.42. The summed E-state index contributed by atoms with van der Waals surface area (Å²) in [5, 5.41) is 12.3. The van der Waals surface area contributed by atoms with Gasteiger partial charge in [0.15, 0.2) is 0 Å². The zero-order valence-electron chi connectivity index (χ0n) is 12.6. The van der Waals surface area contributed by atoms with Gasteiger partial charge in [0.25, 0.3) is 0 Å². The van der Waals surface area contributed by atoms with Crippen LogP contribution in [0.3, 0.4) is 0 Å². The lowest BCUT2D eigenvalue weighted by Crippen LogP contribution is -2.37. The quantitative estimate of drug-likeness (QED) is 0.814. The van der Waals surface area contributed by atoms with Crippen LogP contribution >= 0.6 is 0 Å². The average Bonchev–Trinajstić information content (AvgIpc) is 3.02. The van der Waals surface area contributed by atoms with E-state index in [1.165, 1.54) is 19.3 Å². The molecule has 0 aromatic rings. The van der Waals surface area contributed by atoms with Crippen molar-refractivity contribution in [1.29, 1.82) is 0 Å². The third-order valence-corrected chi connectivity index (χ3v) is 5.26. The molecular weight excluding hydrogens is 254 g/mol. The fourth-order valence-corrected chi connectivity index (χ4v) is 3.93. The monoisotopic (exact) mass is 281 g/mol. The molecule has 2 saturated carbocycles. The van der Waals surface area contributed by atoms with Crippen LogP contribution in [-0.4, -0.2) is 23.5 Å². The van der Waals surface area contributed by atoms with E-state index in [2.05, 4.69) is 19.2 Å². The maximum atomic E-state index is 12.3. The van der Waals surface area contributed by atoms with Crippen molar-refractivity contribution < 1.29 is 14.7 Å². The van der Waals surface area contributed by atoms with Crippen LogP contribution in [0.1, 0.15) is 52.4 Å². The van der Waals surface area contributed by atoms with Crippen LogP contribution < -0.4 is 5.32 Å². The summed E-state index contributed by atoms with van der Waals surface area (Å²) in [7, 11) is 0. The van der Waals surface area contributed by atoms with Gasteiger partial charge < -0.3 is 10.4 Å². The summed E-state index contributed by atoms with van der Waals surface area (Å²) in [5.41, 5.74) is 0. The summed E-state index contributed by atoms with van der Waals surface area (Å²) in [6, 6.07) is 0. The van der Waals surface area contributed by atoms with Crippen LogP contribution in [0.25, 0.3) is 0 Å². The predicted molar refractivity (Wildman–Crippen MR) is 77.1 cm³/mol. The van der Waals surface area contributed by atoms with Crippen LogP contribution in [-0.2, 0) is 9.59 Å². The average molecular weight is 281 g/mol. The largest absolute Gasteiger partial charge is 0.481 e. The highest BCUT2D eigenvalue weighted by atomic mass is 16.4. The second kappa shape index (κ2) is 6.59. The van der Waals surface area contributed by atoms with E-state index < -0.39 is 11.9 Å². The van der Waals surface area contributed by atoms with Crippen molar-refractivity contribution in [2.45, 2.75) is 52.4 Å². The third kappa shape index (κ3) is 3.53. The van der Waals surface area contributed by atoms with Crippen molar-refractivity contribution in [3.8, 4) is 0 Å². The first-order chi connectivity index (χ1) is 9.51.